The van der Waals surface area contributed by atoms with Crippen LogP contribution in [0.5, 0.6) is 0 Å². The van der Waals surface area contributed by atoms with E-state index in [0.717, 1.165) is 0 Å². The van der Waals surface area contributed by atoms with Gasteiger partial charge in [-0.25, -0.2) is 4.79 Å². The summed E-state index contributed by atoms with van der Waals surface area (Å²) in [5, 5.41) is 0. The Balaban J connectivity index is 2.37. The number of nitrogens with zero attached hydrogens (tertiary/aromatic N) is 2. The van der Waals surface area contributed by atoms with Crippen LogP contribution in [-0.4, -0.2) is 74.8 Å². The maximum absolute atomic E-state index is 12.0. The molecule has 1 unspecified atom stereocenters. The molecule has 1 aliphatic heterocycles. The summed E-state index contributed by atoms with van der Waals surface area (Å²) in [6.45, 7) is 2.42. The number of ether oxygens (including phenoxy) is 2. The van der Waals surface area contributed by atoms with Crippen LogP contribution in [0.4, 0.5) is 4.79 Å². The lowest BCUT2D eigenvalue weighted by atomic mass is 10.2. The van der Waals surface area contributed by atoms with Gasteiger partial charge >= 0.3 is 6.09 Å². The van der Waals surface area contributed by atoms with Crippen molar-refractivity contribution in [2.75, 3.05) is 47.0 Å². The van der Waals surface area contributed by atoms with E-state index in [2.05, 4.69) is 4.74 Å². The monoisotopic (exact) mass is 259 g/mol. The van der Waals surface area contributed by atoms with Crippen LogP contribution in [0.2, 0.25) is 0 Å². The third-order valence-corrected chi connectivity index (χ3v) is 2.97. The van der Waals surface area contributed by atoms with Gasteiger partial charge in [0.05, 0.1) is 13.2 Å². The van der Waals surface area contributed by atoms with Gasteiger partial charge in [0, 0.05) is 39.9 Å². The van der Waals surface area contributed by atoms with Crippen LogP contribution in [-0.2, 0) is 14.3 Å². The fourth-order valence-electron chi connectivity index (χ4n) is 1.84. The number of carbonyl (C=O) groups excluding carboxylic acids is 2. The van der Waals surface area contributed by atoms with Gasteiger partial charge in [0.2, 0.25) is 5.91 Å². The average Bonchev–Trinajstić information content (AvgIpc) is 2.43. The predicted molar refractivity (Wildman–Crippen MR) is 65.0 cm³/mol. The molecule has 0 bridgehead atoms. The van der Waals surface area contributed by atoms with Crippen molar-refractivity contribution in [3.05, 3.63) is 0 Å². The number of hydrogen-bond acceptors (Lipinski definition) is 5. The molecule has 2 amide bonds. The molecule has 0 saturated carbocycles. The molecule has 1 fully saturated rings. The summed E-state index contributed by atoms with van der Waals surface area (Å²) >= 11 is 0. The molecule has 0 aromatic carbocycles. The Morgan fingerprint density at radius 3 is 2.22 bits per heavy atom. The van der Waals surface area contributed by atoms with Crippen LogP contribution in [0, 0.1) is 0 Å². The van der Waals surface area contributed by atoms with Crippen molar-refractivity contribution in [2.45, 2.75) is 12.5 Å². The lowest BCUT2D eigenvalue weighted by Crippen LogP contribution is -2.54. The van der Waals surface area contributed by atoms with Gasteiger partial charge in [-0.05, 0) is 6.42 Å². The molecule has 18 heavy (non-hydrogen) atoms. The summed E-state index contributed by atoms with van der Waals surface area (Å²) in [6.07, 6.45) is 0.151. The van der Waals surface area contributed by atoms with Gasteiger partial charge in [0.1, 0.15) is 0 Å². The molecule has 0 spiro atoms. The Hall–Kier alpha value is -1.34. The summed E-state index contributed by atoms with van der Waals surface area (Å²) in [5.74, 6) is -0.0865. The number of carbonyl (C=O) groups is 2. The fraction of sp³-hybridized carbons (Fsp3) is 0.818. The SMILES string of the molecule is COCCC(N)C(=O)N1CCN(C(=O)OC)CC1. The highest BCUT2D eigenvalue weighted by Crippen LogP contribution is 2.06. The number of piperazine rings is 1. The van der Waals surface area contributed by atoms with Crippen LogP contribution < -0.4 is 5.73 Å². The zero-order chi connectivity index (χ0) is 13.5. The van der Waals surface area contributed by atoms with Gasteiger partial charge in [-0.3, -0.25) is 4.79 Å². The molecule has 1 aliphatic rings. The van der Waals surface area contributed by atoms with E-state index in [1.165, 1.54) is 7.11 Å². The smallest absolute Gasteiger partial charge is 0.409 e. The summed E-state index contributed by atoms with van der Waals surface area (Å²) in [4.78, 5) is 26.5. The zero-order valence-corrected chi connectivity index (χ0v) is 10.9. The third kappa shape index (κ3) is 3.85. The second-order valence-corrected chi connectivity index (χ2v) is 4.17. The first-order valence-corrected chi connectivity index (χ1v) is 5.96. The molecule has 1 heterocycles. The van der Waals surface area contributed by atoms with Crippen LogP contribution in [0.1, 0.15) is 6.42 Å². The average molecular weight is 259 g/mol. The van der Waals surface area contributed by atoms with Gasteiger partial charge in [-0.2, -0.15) is 0 Å². The van der Waals surface area contributed by atoms with Crippen molar-refractivity contribution >= 4 is 12.0 Å². The number of nitrogens with two attached hydrogens (primary N) is 1. The summed E-state index contributed by atoms with van der Waals surface area (Å²) in [5.41, 5.74) is 5.78. The first-order chi connectivity index (χ1) is 8.60. The first-order valence-electron chi connectivity index (χ1n) is 5.96. The summed E-state index contributed by atoms with van der Waals surface area (Å²) in [6, 6.07) is -0.533. The Morgan fingerprint density at radius 2 is 1.72 bits per heavy atom. The van der Waals surface area contributed by atoms with Crippen molar-refractivity contribution in [1.29, 1.82) is 0 Å². The van der Waals surface area contributed by atoms with Gasteiger partial charge < -0.3 is 25.0 Å². The molecule has 0 aromatic heterocycles. The Labute approximate surface area is 107 Å². The second-order valence-electron chi connectivity index (χ2n) is 4.17. The van der Waals surface area contributed by atoms with Crippen LogP contribution in [0.15, 0.2) is 0 Å². The second kappa shape index (κ2) is 7.17. The lowest BCUT2D eigenvalue weighted by molar-refractivity contribution is -0.134. The van der Waals surface area contributed by atoms with E-state index in [4.69, 9.17) is 10.5 Å². The molecule has 7 heteroatoms. The highest BCUT2D eigenvalue weighted by Gasteiger charge is 2.27. The first kappa shape index (κ1) is 14.7. The van der Waals surface area contributed by atoms with Crippen LogP contribution in [0.3, 0.4) is 0 Å². The summed E-state index contributed by atoms with van der Waals surface area (Å²) in [7, 11) is 2.92. The molecular formula is C11H21N3O4. The van der Waals surface area contributed by atoms with E-state index in [9.17, 15) is 9.59 Å². The number of rotatable bonds is 4. The van der Waals surface area contributed by atoms with Crippen molar-refractivity contribution in [2.24, 2.45) is 5.73 Å². The Bertz CT molecular complexity index is 290. The fourth-order valence-corrected chi connectivity index (χ4v) is 1.84. The molecule has 0 aliphatic carbocycles. The lowest BCUT2D eigenvalue weighted by Gasteiger charge is -2.35. The van der Waals surface area contributed by atoms with Gasteiger partial charge in [0.15, 0.2) is 0 Å². The normalized spacial score (nSPS) is 17.5. The molecule has 0 aromatic rings. The minimum Gasteiger partial charge on any atom is -0.453 e. The maximum atomic E-state index is 12.0. The maximum Gasteiger partial charge on any atom is 0.409 e. The Morgan fingerprint density at radius 1 is 1.17 bits per heavy atom. The molecule has 1 rings (SSSR count). The minimum absolute atomic E-state index is 0.0865. The van der Waals surface area contributed by atoms with Crippen LogP contribution in [0.25, 0.3) is 0 Å². The summed E-state index contributed by atoms with van der Waals surface area (Å²) < 4.78 is 9.52. The standard InChI is InChI=1S/C11H21N3O4/c1-17-8-3-9(12)10(15)13-4-6-14(7-5-13)11(16)18-2/h9H,3-8,12H2,1-2H3. The number of amides is 2. The van der Waals surface area contributed by atoms with Gasteiger partial charge in [-0.1, -0.05) is 0 Å². The Kier molecular flexibility index (Phi) is 5.87. The van der Waals surface area contributed by atoms with E-state index in [-0.39, 0.29) is 12.0 Å². The van der Waals surface area contributed by atoms with E-state index in [1.807, 2.05) is 0 Å². The largest absolute Gasteiger partial charge is 0.453 e. The van der Waals surface area contributed by atoms with Crippen molar-refractivity contribution in [3.63, 3.8) is 0 Å². The molecule has 7 nitrogen and oxygen atoms in total. The molecule has 1 saturated heterocycles. The molecule has 104 valence electrons. The highest BCUT2D eigenvalue weighted by atomic mass is 16.5. The molecule has 0 radical (unpaired) electrons. The van der Waals surface area contributed by atoms with E-state index < -0.39 is 6.04 Å². The quantitative estimate of drug-likeness (QED) is 0.719. The molecular weight excluding hydrogens is 238 g/mol. The number of methoxy groups -OCH3 is 2. The van der Waals surface area contributed by atoms with E-state index in [1.54, 1.807) is 16.9 Å². The van der Waals surface area contributed by atoms with E-state index in [0.29, 0.717) is 39.2 Å². The third-order valence-electron chi connectivity index (χ3n) is 2.97. The zero-order valence-electron chi connectivity index (χ0n) is 10.9. The van der Waals surface area contributed by atoms with Gasteiger partial charge in [0.25, 0.3) is 0 Å². The van der Waals surface area contributed by atoms with Gasteiger partial charge in [-0.15, -0.1) is 0 Å². The van der Waals surface area contributed by atoms with Crippen LogP contribution >= 0.6 is 0 Å². The molecule has 2 N–H and O–H groups in total. The van der Waals surface area contributed by atoms with Crippen molar-refractivity contribution in [1.82, 2.24) is 9.80 Å². The minimum atomic E-state index is -0.533. The van der Waals surface area contributed by atoms with Crippen molar-refractivity contribution < 1.29 is 19.1 Å². The van der Waals surface area contributed by atoms with Crippen molar-refractivity contribution in [3.8, 4) is 0 Å². The highest BCUT2D eigenvalue weighted by molar-refractivity contribution is 5.82. The number of hydrogen-bond donors (Lipinski definition) is 1. The molecule has 1 atom stereocenters. The van der Waals surface area contributed by atoms with E-state index >= 15 is 0 Å². The topological polar surface area (TPSA) is 85.1 Å². The predicted octanol–water partition coefficient (Wildman–Crippen LogP) is -0.739.